The van der Waals surface area contributed by atoms with Crippen LogP contribution in [0.25, 0.3) is 0 Å². The highest BCUT2D eigenvalue weighted by molar-refractivity contribution is 7.56. The molecule has 1 atom stereocenters. The van der Waals surface area contributed by atoms with Crippen LogP contribution < -0.4 is 10.6 Å². The van der Waals surface area contributed by atoms with Crippen molar-refractivity contribution in [2.45, 2.75) is 38.1 Å². The molecule has 17 heavy (non-hydrogen) atoms. The van der Waals surface area contributed by atoms with Crippen LogP contribution in [0.4, 0.5) is 0 Å². The van der Waals surface area contributed by atoms with E-state index in [4.69, 9.17) is 28.7 Å². The summed E-state index contributed by atoms with van der Waals surface area (Å²) in [4.78, 5) is 0. The first-order valence-corrected chi connectivity index (χ1v) is 8.93. The zero-order valence-corrected chi connectivity index (χ0v) is 12.5. The molecule has 0 aromatic carbocycles. The Hall–Kier alpha value is 0.690. The Kier molecular flexibility index (Phi) is 7.39. The van der Waals surface area contributed by atoms with Crippen molar-refractivity contribution in [2.24, 2.45) is 5.50 Å². The molecule has 3 N–H and O–H groups in total. The van der Waals surface area contributed by atoms with Gasteiger partial charge < -0.3 is 0 Å². The van der Waals surface area contributed by atoms with Crippen molar-refractivity contribution in [3.63, 3.8) is 0 Å². The van der Waals surface area contributed by atoms with Crippen LogP contribution in [-0.4, -0.2) is 35.6 Å². The highest BCUT2D eigenvalue weighted by Gasteiger charge is 2.28. The van der Waals surface area contributed by atoms with Gasteiger partial charge in [0.2, 0.25) is 0 Å². The number of hydrogen-bond donors (Lipinski definition) is 2. The minimum absolute atomic E-state index is 0.271. The molecule has 0 saturated heterocycles. The van der Waals surface area contributed by atoms with Crippen molar-refractivity contribution in [1.29, 1.82) is 0 Å². The van der Waals surface area contributed by atoms with E-state index in [0.29, 0.717) is 24.8 Å². The van der Waals surface area contributed by atoms with Gasteiger partial charge in [0.1, 0.15) is 0 Å². The lowest BCUT2D eigenvalue weighted by atomic mass is 9.96. The molecule has 4 nitrogen and oxygen atoms in total. The molecular weight excluding hydrogens is 280 g/mol. The van der Waals surface area contributed by atoms with Gasteiger partial charge in [-0.15, -0.1) is 23.2 Å². The standard InChI is InChI=1S/C10H22Cl2N3OP/c11-6-8-15(9-7-12)17(13,16)14-10-4-2-1-3-5-10/h10H,1-9H2,(H3,13,14,16). The summed E-state index contributed by atoms with van der Waals surface area (Å²) in [5.74, 6) is 0.814. The normalized spacial score (nSPS) is 21.6. The van der Waals surface area contributed by atoms with Crippen molar-refractivity contribution >= 4 is 30.8 Å². The van der Waals surface area contributed by atoms with Crippen molar-refractivity contribution in [3.8, 4) is 0 Å². The van der Waals surface area contributed by atoms with Gasteiger partial charge in [-0.3, -0.25) is 10.1 Å². The Morgan fingerprint density at radius 2 is 1.71 bits per heavy atom. The Bertz CT molecular complexity index is 256. The fourth-order valence-electron chi connectivity index (χ4n) is 2.18. The fraction of sp³-hybridized carbons (Fsp3) is 1.00. The van der Waals surface area contributed by atoms with Crippen LogP contribution >= 0.6 is 30.8 Å². The van der Waals surface area contributed by atoms with Crippen LogP contribution in [0.15, 0.2) is 0 Å². The Morgan fingerprint density at radius 1 is 1.18 bits per heavy atom. The number of hydrogen-bond acceptors (Lipinski definition) is 1. The highest BCUT2D eigenvalue weighted by Crippen LogP contribution is 2.38. The summed E-state index contributed by atoms with van der Waals surface area (Å²) in [5.41, 5.74) is 5.92. The van der Waals surface area contributed by atoms with Crippen molar-refractivity contribution in [3.05, 3.63) is 0 Å². The molecule has 0 bridgehead atoms. The maximum Gasteiger partial charge on any atom is 0.279 e. The number of nitrogens with zero attached hydrogens (tertiary/aromatic N) is 1. The topological polar surface area (TPSA) is 58.4 Å². The van der Waals surface area contributed by atoms with E-state index in [0.717, 1.165) is 12.8 Å². The smallest absolute Gasteiger partial charge is 0.271 e. The first-order chi connectivity index (χ1) is 8.10. The summed E-state index contributed by atoms with van der Waals surface area (Å²) in [6.07, 6.45) is 5.74. The van der Waals surface area contributed by atoms with Gasteiger partial charge in [-0.1, -0.05) is 19.3 Å². The summed E-state index contributed by atoms with van der Waals surface area (Å²) in [5, 5.41) is 3.11. The van der Waals surface area contributed by atoms with E-state index in [1.54, 1.807) is 4.67 Å². The monoisotopic (exact) mass is 301 g/mol. The second-order valence-electron chi connectivity index (χ2n) is 4.42. The molecule has 0 aromatic rings. The Labute approximate surface area is 114 Å². The van der Waals surface area contributed by atoms with Crippen LogP contribution in [0, 0.1) is 0 Å². The molecule has 1 aliphatic carbocycles. The van der Waals surface area contributed by atoms with E-state index in [1.807, 2.05) is 0 Å². The summed E-state index contributed by atoms with van der Waals surface area (Å²) < 4.78 is 14.1. The minimum Gasteiger partial charge on any atom is -0.271 e. The average molecular weight is 302 g/mol. The lowest BCUT2D eigenvalue weighted by molar-refractivity contribution is 0.382. The molecule has 0 aliphatic heterocycles. The second-order valence-corrected chi connectivity index (χ2v) is 7.24. The molecule has 1 unspecified atom stereocenters. The van der Waals surface area contributed by atoms with Gasteiger partial charge in [-0.05, 0) is 12.8 Å². The lowest BCUT2D eigenvalue weighted by Gasteiger charge is -2.32. The van der Waals surface area contributed by atoms with Gasteiger partial charge >= 0.3 is 0 Å². The van der Waals surface area contributed by atoms with E-state index >= 15 is 0 Å². The highest BCUT2D eigenvalue weighted by atomic mass is 35.5. The molecule has 0 heterocycles. The molecule has 0 amide bonds. The maximum absolute atomic E-state index is 12.4. The first-order valence-electron chi connectivity index (χ1n) is 6.14. The Balaban J connectivity index is 2.53. The SMILES string of the molecule is NP(=O)(NC1CCCCC1)N(CCCl)CCCl. The van der Waals surface area contributed by atoms with Gasteiger partial charge in [0.25, 0.3) is 7.59 Å². The minimum atomic E-state index is -2.99. The Morgan fingerprint density at radius 3 is 2.18 bits per heavy atom. The lowest BCUT2D eigenvalue weighted by Crippen LogP contribution is -2.40. The van der Waals surface area contributed by atoms with Crippen LogP contribution in [0.2, 0.25) is 0 Å². The number of nitrogens with two attached hydrogens (primary N) is 1. The van der Waals surface area contributed by atoms with E-state index < -0.39 is 7.59 Å². The van der Waals surface area contributed by atoms with Crippen molar-refractivity contribution in [2.75, 3.05) is 24.8 Å². The number of rotatable bonds is 7. The van der Waals surface area contributed by atoms with Crippen LogP contribution in [-0.2, 0) is 4.57 Å². The van der Waals surface area contributed by atoms with Gasteiger partial charge in [0.15, 0.2) is 0 Å². The van der Waals surface area contributed by atoms with Gasteiger partial charge in [0.05, 0.1) is 0 Å². The fourth-order valence-corrected chi connectivity index (χ4v) is 4.56. The number of halogens is 2. The van der Waals surface area contributed by atoms with E-state index in [9.17, 15) is 4.57 Å². The number of nitrogens with one attached hydrogen (secondary N) is 1. The van der Waals surface area contributed by atoms with E-state index in [2.05, 4.69) is 5.09 Å². The van der Waals surface area contributed by atoms with Gasteiger partial charge in [-0.2, -0.15) is 0 Å². The molecule has 0 aromatic heterocycles. The summed E-state index contributed by atoms with van der Waals surface area (Å²) in [6, 6.07) is 0.271. The van der Waals surface area contributed by atoms with Crippen LogP contribution in [0.5, 0.6) is 0 Å². The third kappa shape index (κ3) is 5.46. The third-order valence-electron chi connectivity index (χ3n) is 3.08. The van der Waals surface area contributed by atoms with E-state index in [-0.39, 0.29) is 6.04 Å². The maximum atomic E-state index is 12.4. The quantitative estimate of drug-likeness (QED) is 0.561. The summed E-state index contributed by atoms with van der Waals surface area (Å²) in [6.45, 7) is 1.00. The summed E-state index contributed by atoms with van der Waals surface area (Å²) >= 11 is 11.4. The molecule has 102 valence electrons. The molecule has 0 radical (unpaired) electrons. The molecular formula is C10H22Cl2N3OP. The molecule has 1 fully saturated rings. The van der Waals surface area contributed by atoms with Gasteiger partial charge in [0, 0.05) is 30.9 Å². The molecule has 1 saturated carbocycles. The van der Waals surface area contributed by atoms with Crippen LogP contribution in [0.1, 0.15) is 32.1 Å². The number of alkyl halides is 2. The first kappa shape index (κ1) is 15.7. The third-order valence-corrected chi connectivity index (χ3v) is 5.39. The zero-order chi connectivity index (χ0) is 12.7. The van der Waals surface area contributed by atoms with Crippen molar-refractivity contribution < 1.29 is 4.57 Å². The molecule has 0 spiro atoms. The molecule has 1 rings (SSSR count). The van der Waals surface area contributed by atoms with Crippen LogP contribution in [0.3, 0.4) is 0 Å². The van der Waals surface area contributed by atoms with Gasteiger partial charge in [-0.25, -0.2) is 9.76 Å². The van der Waals surface area contributed by atoms with Crippen molar-refractivity contribution in [1.82, 2.24) is 9.76 Å². The second kappa shape index (κ2) is 7.98. The molecule has 7 heteroatoms. The largest absolute Gasteiger partial charge is 0.279 e. The average Bonchev–Trinajstić information content (AvgIpc) is 2.29. The summed E-state index contributed by atoms with van der Waals surface area (Å²) in [7, 11) is -2.99. The molecule has 1 aliphatic rings. The predicted molar refractivity (Wildman–Crippen MR) is 74.8 cm³/mol. The van der Waals surface area contributed by atoms with E-state index in [1.165, 1.54) is 19.3 Å². The predicted octanol–water partition coefficient (Wildman–Crippen LogP) is 2.76. The zero-order valence-electron chi connectivity index (χ0n) is 10.1.